The number of alkyl halides is 3. The van der Waals surface area contributed by atoms with Crippen molar-refractivity contribution < 1.29 is 22.7 Å². The minimum absolute atomic E-state index is 0.0175. The second kappa shape index (κ2) is 6.70. The van der Waals surface area contributed by atoms with E-state index in [1.807, 2.05) is 0 Å². The minimum Gasteiger partial charge on any atom is -0.370 e. The number of hydrogen-bond donors (Lipinski definition) is 2. The fraction of sp³-hybridized carbons (Fsp3) is 0.889. The van der Waals surface area contributed by atoms with E-state index in [1.54, 1.807) is 13.8 Å². The van der Waals surface area contributed by atoms with E-state index in [0.29, 0.717) is 0 Å². The zero-order chi connectivity index (χ0) is 12.8. The molecule has 0 aromatic rings. The summed E-state index contributed by atoms with van der Waals surface area (Å²) in [6.45, 7) is 2.10. The minimum atomic E-state index is -4.33. The van der Waals surface area contributed by atoms with Gasteiger partial charge in [-0.2, -0.15) is 13.2 Å². The number of carbonyl (C=O) groups is 1. The third kappa shape index (κ3) is 7.47. The molecule has 0 heterocycles. The number of nitrogens with two attached hydrogens (primary N) is 1. The number of amides is 1. The summed E-state index contributed by atoms with van der Waals surface area (Å²) in [5.74, 6) is -0.401. The second-order valence-corrected chi connectivity index (χ2v) is 3.73. The van der Waals surface area contributed by atoms with Crippen LogP contribution in [-0.4, -0.2) is 37.9 Å². The predicted molar refractivity (Wildman–Crippen MR) is 52.7 cm³/mol. The van der Waals surface area contributed by atoms with Gasteiger partial charge in [0.1, 0.15) is 6.61 Å². The van der Waals surface area contributed by atoms with Crippen LogP contribution in [-0.2, 0) is 9.53 Å². The van der Waals surface area contributed by atoms with E-state index < -0.39 is 18.8 Å². The molecule has 0 unspecified atom stereocenters. The van der Waals surface area contributed by atoms with E-state index >= 15 is 0 Å². The monoisotopic (exact) mass is 242 g/mol. The lowest BCUT2D eigenvalue weighted by Gasteiger charge is -2.15. The molecule has 1 atom stereocenters. The van der Waals surface area contributed by atoms with Gasteiger partial charge in [-0.25, -0.2) is 0 Å². The van der Waals surface area contributed by atoms with Gasteiger partial charge in [-0.1, -0.05) is 13.8 Å². The Kier molecular flexibility index (Phi) is 6.35. The molecule has 0 radical (unpaired) electrons. The van der Waals surface area contributed by atoms with Gasteiger partial charge in [0.05, 0.1) is 12.6 Å². The Balaban J connectivity index is 3.56. The molecule has 7 heteroatoms. The molecule has 0 rings (SSSR count). The Morgan fingerprint density at radius 3 is 2.44 bits per heavy atom. The SMILES string of the molecule is CC(C)[C@@H](N)C(=O)NCCOCC(F)(F)F. The van der Waals surface area contributed by atoms with E-state index in [4.69, 9.17) is 5.73 Å². The lowest BCUT2D eigenvalue weighted by molar-refractivity contribution is -0.173. The largest absolute Gasteiger partial charge is 0.411 e. The van der Waals surface area contributed by atoms with Crippen LogP contribution in [0.1, 0.15) is 13.8 Å². The molecule has 0 aliphatic carbocycles. The second-order valence-electron chi connectivity index (χ2n) is 3.73. The molecule has 0 aromatic heterocycles. The molecule has 0 saturated carbocycles. The molecule has 0 saturated heterocycles. The van der Waals surface area contributed by atoms with Crippen LogP contribution >= 0.6 is 0 Å². The van der Waals surface area contributed by atoms with Crippen LogP contribution in [0, 0.1) is 5.92 Å². The number of hydrogen-bond acceptors (Lipinski definition) is 3. The van der Waals surface area contributed by atoms with Crippen LogP contribution in [0.5, 0.6) is 0 Å². The van der Waals surface area contributed by atoms with Crippen LogP contribution in [0.4, 0.5) is 13.2 Å². The summed E-state index contributed by atoms with van der Waals surface area (Å²) in [6, 6.07) is -0.650. The Bertz CT molecular complexity index is 219. The Morgan fingerprint density at radius 2 is 2.00 bits per heavy atom. The highest BCUT2D eigenvalue weighted by Gasteiger charge is 2.27. The number of carbonyl (C=O) groups excluding carboxylic acids is 1. The Morgan fingerprint density at radius 1 is 1.44 bits per heavy atom. The van der Waals surface area contributed by atoms with Gasteiger partial charge in [0.25, 0.3) is 0 Å². The maximum absolute atomic E-state index is 11.6. The molecule has 96 valence electrons. The first-order valence-electron chi connectivity index (χ1n) is 4.92. The lowest BCUT2D eigenvalue weighted by Crippen LogP contribution is -2.45. The number of halogens is 3. The van der Waals surface area contributed by atoms with E-state index in [9.17, 15) is 18.0 Å². The number of nitrogens with one attached hydrogen (secondary N) is 1. The van der Waals surface area contributed by atoms with Crippen LogP contribution in [0.2, 0.25) is 0 Å². The number of ether oxygens (including phenoxy) is 1. The lowest BCUT2D eigenvalue weighted by atomic mass is 10.1. The summed E-state index contributed by atoms with van der Waals surface area (Å²) < 4.78 is 39.2. The maximum atomic E-state index is 11.6. The molecule has 1 amide bonds. The average Bonchev–Trinajstić information content (AvgIpc) is 2.13. The molecule has 3 N–H and O–H groups in total. The molecular formula is C9H17F3N2O2. The highest BCUT2D eigenvalue weighted by atomic mass is 19.4. The van der Waals surface area contributed by atoms with Crippen molar-refractivity contribution in [3.05, 3.63) is 0 Å². The van der Waals surface area contributed by atoms with E-state index in [-0.39, 0.29) is 25.0 Å². The van der Waals surface area contributed by atoms with Gasteiger partial charge in [-0.15, -0.1) is 0 Å². The standard InChI is InChI=1S/C9H17F3N2O2/c1-6(2)7(13)8(15)14-3-4-16-5-9(10,11)12/h6-7H,3-5,13H2,1-2H3,(H,14,15)/t7-/m1/s1. The first-order chi connectivity index (χ1) is 7.24. The molecule has 0 aromatic carbocycles. The smallest absolute Gasteiger partial charge is 0.370 e. The van der Waals surface area contributed by atoms with Crippen molar-refractivity contribution >= 4 is 5.91 Å². The molecule has 0 aliphatic rings. The van der Waals surface area contributed by atoms with Gasteiger partial charge >= 0.3 is 6.18 Å². The summed E-state index contributed by atoms with van der Waals surface area (Å²) in [4.78, 5) is 11.2. The van der Waals surface area contributed by atoms with Crippen molar-refractivity contribution in [1.82, 2.24) is 5.32 Å². The zero-order valence-corrected chi connectivity index (χ0v) is 9.30. The van der Waals surface area contributed by atoms with Crippen LogP contribution in [0.15, 0.2) is 0 Å². The first-order valence-corrected chi connectivity index (χ1v) is 4.92. The molecular weight excluding hydrogens is 225 g/mol. The van der Waals surface area contributed by atoms with Crippen molar-refractivity contribution in [3.63, 3.8) is 0 Å². The van der Waals surface area contributed by atoms with Crippen molar-refractivity contribution in [2.24, 2.45) is 11.7 Å². The fourth-order valence-electron chi connectivity index (χ4n) is 0.855. The molecule has 16 heavy (non-hydrogen) atoms. The van der Waals surface area contributed by atoms with Gasteiger partial charge in [0.2, 0.25) is 5.91 Å². The third-order valence-corrected chi connectivity index (χ3v) is 1.83. The van der Waals surface area contributed by atoms with Gasteiger partial charge in [-0.3, -0.25) is 4.79 Å². The van der Waals surface area contributed by atoms with E-state index in [1.165, 1.54) is 0 Å². The molecule has 0 aliphatic heterocycles. The predicted octanol–water partition coefficient (Wildman–Crippen LogP) is 0.665. The normalized spacial score (nSPS) is 13.9. The van der Waals surface area contributed by atoms with Gasteiger partial charge in [0.15, 0.2) is 0 Å². The van der Waals surface area contributed by atoms with Crippen molar-refractivity contribution in [2.45, 2.75) is 26.1 Å². The summed E-state index contributed by atoms with van der Waals surface area (Å²) in [5.41, 5.74) is 5.51. The highest BCUT2D eigenvalue weighted by Crippen LogP contribution is 2.13. The third-order valence-electron chi connectivity index (χ3n) is 1.83. The summed E-state index contributed by atoms with van der Waals surface area (Å²) in [5, 5.41) is 2.39. The molecule has 4 nitrogen and oxygen atoms in total. The van der Waals surface area contributed by atoms with Gasteiger partial charge in [0, 0.05) is 6.54 Å². The Labute approximate surface area is 92.3 Å². The van der Waals surface area contributed by atoms with Gasteiger partial charge in [-0.05, 0) is 5.92 Å². The quantitative estimate of drug-likeness (QED) is 0.673. The summed E-state index contributed by atoms with van der Waals surface area (Å²) in [7, 11) is 0. The van der Waals surface area contributed by atoms with E-state index in [0.717, 1.165) is 0 Å². The molecule has 0 fully saturated rings. The maximum Gasteiger partial charge on any atom is 0.411 e. The summed E-state index contributed by atoms with van der Waals surface area (Å²) >= 11 is 0. The van der Waals surface area contributed by atoms with Crippen molar-refractivity contribution in [3.8, 4) is 0 Å². The topological polar surface area (TPSA) is 64.4 Å². The van der Waals surface area contributed by atoms with Gasteiger partial charge < -0.3 is 15.8 Å². The number of rotatable bonds is 6. The van der Waals surface area contributed by atoms with Crippen LogP contribution in [0.3, 0.4) is 0 Å². The van der Waals surface area contributed by atoms with Crippen molar-refractivity contribution in [1.29, 1.82) is 0 Å². The Hall–Kier alpha value is -0.820. The fourth-order valence-corrected chi connectivity index (χ4v) is 0.855. The van der Waals surface area contributed by atoms with E-state index in [2.05, 4.69) is 10.1 Å². The van der Waals surface area contributed by atoms with Crippen molar-refractivity contribution in [2.75, 3.05) is 19.8 Å². The zero-order valence-electron chi connectivity index (χ0n) is 9.30. The first kappa shape index (κ1) is 15.2. The molecule has 0 bridgehead atoms. The summed E-state index contributed by atoms with van der Waals surface area (Å²) in [6.07, 6.45) is -4.33. The highest BCUT2D eigenvalue weighted by molar-refractivity contribution is 5.81. The molecule has 0 spiro atoms. The van der Waals surface area contributed by atoms with Crippen LogP contribution in [0.25, 0.3) is 0 Å². The average molecular weight is 242 g/mol. The van der Waals surface area contributed by atoms with Crippen LogP contribution < -0.4 is 11.1 Å².